The first-order valence-electron chi connectivity index (χ1n) is 5.67. The minimum atomic E-state index is -3.56. The van der Waals surface area contributed by atoms with Gasteiger partial charge in [0.1, 0.15) is 6.17 Å². The van der Waals surface area contributed by atoms with E-state index in [0.29, 0.717) is 10.0 Å². The summed E-state index contributed by atoms with van der Waals surface area (Å²) in [6.07, 6.45) is -0.904. The number of carbonyl (C=O) groups is 1. The molecule has 4 nitrogen and oxygen atoms in total. The Bertz CT molecular complexity index is 674. The second kappa shape index (κ2) is 5.38. The van der Waals surface area contributed by atoms with E-state index in [0.717, 1.165) is 6.26 Å². The highest BCUT2D eigenvalue weighted by molar-refractivity contribution is 9.11. The van der Waals surface area contributed by atoms with E-state index in [4.69, 9.17) is 5.11 Å². The molecule has 1 aromatic carbocycles. The Morgan fingerprint density at radius 1 is 1.40 bits per heavy atom. The van der Waals surface area contributed by atoms with E-state index in [1.54, 1.807) is 6.07 Å². The largest absolute Gasteiger partial charge is 0.481 e. The highest BCUT2D eigenvalue weighted by Gasteiger charge is 2.44. The van der Waals surface area contributed by atoms with Gasteiger partial charge in [-0.1, -0.05) is 31.9 Å². The van der Waals surface area contributed by atoms with Crippen molar-refractivity contribution >= 4 is 47.7 Å². The molecule has 110 valence electrons. The van der Waals surface area contributed by atoms with Gasteiger partial charge >= 0.3 is 5.97 Å². The number of hydrogen-bond acceptors (Lipinski definition) is 3. The van der Waals surface area contributed by atoms with Crippen LogP contribution in [0.15, 0.2) is 21.5 Å². The summed E-state index contributed by atoms with van der Waals surface area (Å²) in [5.41, 5.74) is 0.741. The summed E-state index contributed by atoms with van der Waals surface area (Å²) in [5.74, 6) is -2.14. The van der Waals surface area contributed by atoms with Crippen LogP contribution in [-0.4, -0.2) is 31.9 Å². The number of halogens is 3. The van der Waals surface area contributed by atoms with Gasteiger partial charge in [-0.15, -0.1) is 0 Å². The molecule has 0 bridgehead atoms. The number of carboxylic acid groups (broad SMARTS) is 1. The van der Waals surface area contributed by atoms with E-state index in [1.807, 2.05) is 0 Å². The first kappa shape index (κ1) is 15.9. The van der Waals surface area contributed by atoms with Crippen molar-refractivity contribution in [2.75, 3.05) is 6.26 Å². The minimum absolute atomic E-state index is 0.00782. The lowest BCUT2D eigenvalue weighted by Crippen LogP contribution is -2.15. The van der Waals surface area contributed by atoms with Crippen LogP contribution in [0.1, 0.15) is 28.3 Å². The maximum absolute atomic E-state index is 14.4. The zero-order valence-corrected chi connectivity index (χ0v) is 14.3. The lowest BCUT2D eigenvalue weighted by atomic mass is 9.97. The molecule has 20 heavy (non-hydrogen) atoms. The third kappa shape index (κ3) is 2.65. The number of sulfone groups is 1. The molecule has 0 aliphatic heterocycles. The second-order valence-electron chi connectivity index (χ2n) is 4.70. The fourth-order valence-electron chi connectivity index (χ4n) is 2.50. The van der Waals surface area contributed by atoms with Crippen molar-refractivity contribution in [3.05, 3.63) is 27.7 Å². The van der Waals surface area contributed by atoms with Crippen molar-refractivity contribution < 1.29 is 22.7 Å². The third-order valence-electron chi connectivity index (χ3n) is 3.30. The number of fused-ring (bicyclic) bond motifs is 1. The summed E-state index contributed by atoms with van der Waals surface area (Å²) in [6, 6.07) is 2.92. The van der Waals surface area contributed by atoms with Gasteiger partial charge in [-0.2, -0.15) is 0 Å². The Morgan fingerprint density at radius 3 is 2.50 bits per heavy atom. The Hall–Kier alpha value is -0.470. The molecule has 0 spiro atoms. The molecule has 0 unspecified atom stereocenters. The van der Waals surface area contributed by atoms with Gasteiger partial charge in [0.15, 0.2) is 9.84 Å². The molecule has 1 aromatic rings. The monoisotopic (exact) mass is 428 g/mol. The zero-order chi connectivity index (χ0) is 15.2. The average molecular weight is 430 g/mol. The Kier molecular flexibility index (Phi) is 4.28. The smallest absolute Gasteiger partial charge is 0.304 e. The van der Waals surface area contributed by atoms with Crippen molar-refractivity contribution in [2.24, 2.45) is 0 Å². The maximum Gasteiger partial charge on any atom is 0.304 e. The fourth-order valence-corrected chi connectivity index (χ4v) is 5.24. The highest BCUT2D eigenvalue weighted by Crippen LogP contribution is 2.53. The Labute approximate surface area is 132 Å². The summed E-state index contributed by atoms with van der Waals surface area (Å²) >= 11 is 6.46. The van der Waals surface area contributed by atoms with E-state index in [1.165, 1.54) is 6.07 Å². The van der Waals surface area contributed by atoms with Gasteiger partial charge in [0.2, 0.25) is 0 Å². The molecule has 1 N–H and O–H groups in total. The third-order valence-corrected chi connectivity index (χ3v) is 6.11. The molecule has 1 aliphatic rings. The molecule has 0 saturated carbocycles. The van der Waals surface area contributed by atoms with E-state index < -0.39 is 39.1 Å². The van der Waals surface area contributed by atoms with Gasteiger partial charge < -0.3 is 5.11 Å². The summed E-state index contributed by atoms with van der Waals surface area (Å²) < 4.78 is 38.6. The molecule has 0 amide bonds. The van der Waals surface area contributed by atoms with Crippen molar-refractivity contribution in [3.63, 3.8) is 0 Å². The molecular weight excluding hydrogens is 419 g/mol. The van der Waals surface area contributed by atoms with Crippen LogP contribution in [-0.2, 0) is 14.6 Å². The van der Waals surface area contributed by atoms with Gasteiger partial charge in [-0.05, 0) is 23.3 Å². The highest BCUT2D eigenvalue weighted by atomic mass is 79.9. The topological polar surface area (TPSA) is 71.4 Å². The van der Waals surface area contributed by atoms with Crippen LogP contribution < -0.4 is 0 Å². The fraction of sp³-hybridized carbons (Fsp3) is 0.417. The van der Waals surface area contributed by atoms with Gasteiger partial charge in [-0.3, -0.25) is 4.79 Å². The molecule has 0 heterocycles. The van der Waals surface area contributed by atoms with Crippen molar-refractivity contribution in [1.29, 1.82) is 0 Å². The van der Waals surface area contributed by atoms with Crippen LogP contribution in [0.3, 0.4) is 0 Å². The van der Waals surface area contributed by atoms with Gasteiger partial charge in [0.05, 0.1) is 16.1 Å². The Balaban J connectivity index is 2.74. The van der Waals surface area contributed by atoms with Crippen molar-refractivity contribution in [2.45, 2.75) is 28.2 Å². The SMILES string of the molecule is CS(=O)(=O)c1ccc(Br)c2c1[C@H](CC(=O)O)[C@H](F)[C@H]2Br. The second-order valence-corrected chi connectivity index (χ2v) is 8.52. The zero-order valence-electron chi connectivity index (χ0n) is 10.3. The number of hydrogen-bond donors (Lipinski definition) is 1. The molecule has 1 aliphatic carbocycles. The Morgan fingerprint density at radius 2 is 2.00 bits per heavy atom. The predicted octanol–water partition coefficient (Wildman–Crippen LogP) is 3.20. The maximum atomic E-state index is 14.4. The van der Waals surface area contributed by atoms with Crippen LogP contribution in [0.25, 0.3) is 0 Å². The normalized spacial score (nSPS) is 25.5. The molecule has 0 saturated heterocycles. The van der Waals surface area contributed by atoms with E-state index in [-0.39, 0.29) is 10.5 Å². The molecular formula is C12H11Br2FO4S. The van der Waals surface area contributed by atoms with E-state index >= 15 is 0 Å². The summed E-state index contributed by atoms with van der Waals surface area (Å²) in [4.78, 5) is 10.2. The van der Waals surface area contributed by atoms with Crippen LogP contribution in [0, 0.1) is 0 Å². The molecule has 8 heteroatoms. The van der Waals surface area contributed by atoms with Gasteiger partial charge in [0.25, 0.3) is 0 Å². The number of aliphatic carboxylic acids is 1. The standard InChI is InChI=1S/C12H11Br2FO4S/c1-20(18,19)7-3-2-6(13)10-9(7)5(4-8(16)17)12(15)11(10)14/h2-3,5,11-12H,4H2,1H3,(H,16,17)/t5-,11-,12-/m0/s1. The quantitative estimate of drug-likeness (QED) is 0.749. The molecule has 3 atom stereocenters. The van der Waals surface area contributed by atoms with Crippen LogP contribution >= 0.6 is 31.9 Å². The van der Waals surface area contributed by atoms with Gasteiger partial charge in [-0.25, -0.2) is 12.8 Å². The summed E-state index contributed by atoms with van der Waals surface area (Å²) in [6.45, 7) is 0. The number of rotatable bonds is 3. The number of carboxylic acids is 1. The van der Waals surface area contributed by atoms with Crippen LogP contribution in [0.5, 0.6) is 0 Å². The lowest BCUT2D eigenvalue weighted by molar-refractivity contribution is -0.137. The molecule has 0 radical (unpaired) electrons. The first-order valence-corrected chi connectivity index (χ1v) is 9.27. The lowest BCUT2D eigenvalue weighted by Gasteiger charge is -2.15. The molecule has 0 aromatic heterocycles. The van der Waals surface area contributed by atoms with E-state index in [9.17, 15) is 17.6 Å². The van der Waals surface area contributed by atoms with Crippen molar-refractivity contribution in [1.82, 2.24) is 0 Å². The average Bonchev–Trinajstić information content (AvgIpc) is 2.54. The minimum Gasteiger partial charge on any atom is -0.481 e. The van der Waals surface area contributed by atoms with Crippen LogP contribution in [0.4, 0.5) is 4.39 Å². The van der Waals surface area contributed by atoms with Gasteiger partial charge in [0, 0.05) is 16.6 Å². The van der Waals surface area contributed by atoms with Crippen molar-refractivity contribution in [3.8, 4) is 0 Å². The summed E-state index contributed by atoms with van der Waals surface area (Å²) in [5, 5.41) is 8.92. The van der Waals surface area contributed by atoms with E-state index in [2.05, 4.69) is 31.9 Å². The van der Waals surface area contributed by atoms with Crippen LogP contribution in [0.2, 0.25) is 0 Å². The summed E-state index contributed by atoms with van der Waals surface area (Å²) in [7, 11) is -3.56. The number of alkyl halides is 2. The molecule has 0 fully saturated rings. The molecule has 2 rings (SSSR count). The number of benzene rings is 1. The first-order chi connectivity index (χ1) is 9.14. The predicted molar refractivity (Wildman–Crippen MR) is 78.8 cm³/mol.